The maximum absolute atomic E-state index is 13.8. The summed E-state index contributed by atoms with van der Waals surface area (Å²) in [5.74, 6) is -4.18. The minimum Gasteiger partial charge on any atom is -0.203 e. The largest absolute Gasteiger partial charge is 0.203 e. The quantitative estimate of drug-likeness (QED) is 0.427. The molecule has 0 heterocycles. The van der Waals surface area contributed by atoms with Crippen LogP contribution in [0.3, 0.4) is 0 Å². The van der Waals surface area contributed by atoms with Crippen molar-refractivity contribution in [3.05, 3.63) is 46.5 Å². The molecular formula is C15H14F4. The molecule has 0 saturated heterocycles. The Bertz CT molecular complexity index is 533. The highest BCUT2D eigenvalue weighted by atomic mass is 19.2. The summed E-state index contributed by atoms with van der Waals surface area (Å²) in [7, 11) is 0. The predicted molar refractivity (Wildman–Crippen MR) is 63.6 cm³/mol. The van der Waals surface area contributed by atoms with E-state index in [1.807, 2.05) is 0 Å². The summed E-state index contributed by atoms with van der Waals surface area (Å²) in [6, 6.07) is 0. The SMILES string of the molecule is Cc1c(F)c(F)c(CC2CC3C=CC2C3)c(F)c1F. The van der Waals surface area contributed by atoms with Crippen LogP contribution in [0.1, 0.15) is 24.0 Å². The average Bonchev–Trinajstić information content (AvgIpc) is 3.01. The van der Waals surface area contributed by atoms with Gasteiger partial charge in [0.05, 0.1) is 0 Å². The van der Waals surface area contributed by atoms with E-state index in [2.05, 4.69) is 12.2 Å². The van der Waals surface area contributed by atoms with Gasteiger partial charge in [-0.2, -0.15) is 0 Å². The summed E-state index contributed by atoms with van der Waals surface area (Å²) in [6.07, 6.45) is 6.07. The maximum Gasteiger partial charge on any atom is 0.165 e. The third-order valence-electron chi connectivity index (χ3n) is 4.46. The van der Waals surface area contributed by atoms with Gasteiger partial charge in [0.2, 0.25) is 0 Å². The highest BCUT2D eigenvalue weighted by Gasteiger charge is 2.37. The van der Waals surface area contributed by atoms with Crippen molar-refractivity contribution in [3.8, 4) is 0 Å². The van der Waals surface area contributed by atoms with Gasteiger partial charge >= 0.3 is 0 Å². The van der Waals surface area contributed by atoms with Gasteiger partial charge in [0.1, 0.15) is 0 Å². The van der Waals surface area contributed by atoms with Gasteiger partial charge in [0, 0.05) is 11.1 Å². The van der Waals surface area contributed by atoms with Gasteiger partial charge in [-0.3, -0.25) is 0 Å². The maximum atomic E-state index is 13.8. The second kappa shape index (κ2) is 4.36. The van der Waals surface area contributed by atoms with Crippen LogP contribution in [0.5, 0.6) is 0 Å². The Kier molecular flexibility index (Phi) is 2.91. The lowest BCUT2D eigenvalue weighted by atomic mass is 9.87. The zero-order valence-electron chi connectivity index (χ0n) is 10.5. The Hall–Kier alpha value is -1.32. The second-order valence-electron chi connectivity index (χ2n) is 5.60. The fourth-order valence-corrected chi connectivity index (χ4v) is 3.36. The first-order valence-electron chi connectivity index (χ1n) is 6.48. The zero-order chi connectivity index (χ0) is 13.7. The number of halogens is 4. The van der Waals surface area contributed by atoms with Gasteiger partial charge in [0.15, 0.2) is 23.3 Å². The average molecular weight is 270 g/mol. The molecule has 2 bridgehead atoms. The van der Waals surface area contributed by atoms with E-state index in [-0.39, 0.29) is 18.3 Å². The van der Waals surface area contributed by atoms with Crippen LogP contribution in [0.4, 0.5) is 17.6 Å². The molecule has 0 aromatic heterocycles. The Morgan fingerprint density at radius 2 is 1.58 bits per heavy atom. The van der Waals surface area contributed by atoms with Gasteiger partial charge in [-0.05, 0) is 43.9 Å². The van der Waals surface area contributed by atoms with E-state index in [0.717, 1.165) is 19.8 Å². The molecule has 3 unspecified atom stereocenters. The van der Waals surface area contributed by atoms with Crippen molar-refractivity contribution >= 4 is 0 Å². The Balaban J connectivity index is 1.95. The van der Waals surface area contributed by atoms with Gasteiger partial charge in [-0.25, -0.2) is 17.6 Å². The first-order chi connectivity index (χ1) is 8.99. The van der Waals surface area contributed by atoms with Crippen molar-refractivity contribution in [2.75, 3.05) is 0 Å². The molecule has 2 aliphatic carbocycles. The van der Waals surface area contributed by atoms with E-state index in [4.69, 9.17) is 0 Å². The molecule has 0 radical (unpaired) electrons. The lowest BCUT2D eigenvalue weighted by Gasteiger charge is -2.19. The van der Waals surface area contributed by atoms with E-state index in [0.29, 0.717) is 5.92 Å². The van der Waals surface area contributed by atoms with Crippen molar-refractivity contribution in [1.29, 1.82) is 0 Å². The van der Waals surface area contributed by atoms with Crippen molar-refractivity contribution in [2.24, 2.45) is 17.8 Å². The summed E-state index contributed by atoms with van der Waals surface area (Å²) >= 11 is 0. The van der Waals surface area contributed by atoms with Crippen LogP contribution in [-0.4, -0.2) is 0 Å². The first kappa shape index (κ1) is 12.7. The van der Waals surface area contributed by atoms with E-state index in [1.54, 1.807) is 0 Å². The highest BCUT2D eigenvalue weighted by molar-refractivity contribution is 5.30. The molecule has 3 atom stereocenters. The predicted octanol–water partition coefficient (Wildman–Crippen LogP) is 4.31. The van der Waals surface area contributed by atoms with E-state index < -0.39 is 34.4 Å². The molecule has 1 fully saturated rings. The molecule has 2 aliphatic rings. The van der Waals surface area contributed by atoms with Gasteiger partial charge in [-0.1, -0.05) is 12.2 Å². The molecule has 1 aromatic rings. The number of fused-ring (bicyclic) bond motifs is 2. The first-order valence-corrected chi connectivity index (χ1v) is 6.48. The van der Waals surface area contributed by atoms with Crippen molar-refractivity contribution in [1.82, 2.24) is 0 Å². The molecule has 4 heteroatoms. The van der Waals surface area contributed by atoms with Crippen LogP contribution in [0.15, 0.2) is 12.2 Å². The van der Waals surface area contributed by atoms with Crippen LogP contribution in [0, 0.1) is 47.9 Å². The van der Waals surface area contributed by atoms with Crippen LogP contribution in [0.2, 0.25) is 0 Å². The lowest BCUT2D eigenvalue weighted by molar-refractivity contribution is 0.392. The molecule has 3 rings (SSSR count). The van der Waals surface area contributed by atoms with Crippen LogP contribution >= 0.6 is 0 Å². The Morgan fingerprint density at radius 3 is 2.05 bits per heavy atom. The van der Waals surface area contributed by atoms with Crippen molar-refractivity contribution in [2.45, 2.75) is 26.2 Å². The summed E-state index contributed by atoms with van der Waals surface area (Å²) in [4.78, 5) is 0. The molecule has 102 valence electrons. The second-order valence-corrected chi connectivity index (χ2v) is 5.60. The monoisotopic (exact) mass is 270 g/mol. The topological polar surface area (TPSA) is 0 Å². The van der Waals surface area contributed by atoms with E-state index in [1.165, 1.54) is 0 Å². The van der Waals surface area contributed by atoms with Gasteiger partial charge < -0.3 is 0 Å². The number of benzene rings is 1. The molecule has 0 N–H and O–H groups in total. The summed E-state index contributed by atoms with van der Waals surface area (Å²) in [5, 5.41) is 0. The van der Waals surface area contributed by atoms with Crippen LogP contribution < -0.4 is 0 Å². The molecular weight excluding hydrogens is 256 g/mol. The summed E-state index contributed by atoms with van der Waals surface area (Å²) in [5.41, 5.74) is -1.03. The fraction of sp³-hybridized carbons (Fsp3) is 0.467. The Morgan fingerprint density at radius 1 is 0.947 bits per heavy atom. The molecule has 0 spiro atoms. The summed E-state index contributed by atoms with van der Waals surface area (Å²) in [6.45, 7) is 1.04. The lowest BCUT2D eigenvalue weighted by Crippen LogP contribution is -2.15. The standard InChI is InChI=1S/C15H14F4/c1-7-12(16)14(18)11(15(19)13(7)17)6-10-5-8-2-3-9(10)4-8/h2-3,8-10H,4-6H2,1H3. The van der Waals surface area contributed by atoms with Crippen molar-refractivity contribution in [3.63, 3.8) is 0 Å². The third kappa shape index (κ3) is 1.88. The minimum atomic E-state index is -1.27. The van der Waals surface area contributed by atoms with E-state index >= 15 is 0 Å². The molecule has 1 saturated carbocycles. The molecule has 19 heavy (non-hydrogen) atoms. The summed E-state index contributed by atoms with van der Waals surface area (Å²) < 4.78 is 54.6. The van der Waals surface area contributed by atoms with E-state index in [9.17, 15) is 17.6 Å². The zero-order valence-corrected chi connectivity index (χ0v) is 10.5. The molecule has 0 aliphatic heterocycles. The Labute approximate surface area is 109 Å². The van der Waals surface area contributed by atoms with Crippen molar-refractivity contribution < 1.29 is 17.6 Å². The van der Waals surface area contributed by atoms with Gasteiger partial charge in [-0.15, -0.1) is 0 Å². The van der Waals surface area contributed by atoms with Gasteiger partial charge in [0.25, 0.3) is 0 Å². The minimum absolute atomic E-state index is 0.0668. The highest BCUT2D eigenvalue weighted by Crippen LogP contribution is 2.45. The number of allylic oxidation sites excluding steroid dienone is 2. The number of hydrogen-bond donors (Lipinski definition) is 0. The normalized spacial score (nSPS) is 28.4. The molecule has 0 nitrogen and oxygen atoms in total. The van der Waals surface area contributed by atoms with Crippen LogP contribution in [-0.2, 0) is 6.42 Å². The number of hydrogen-bond acceptors (Lipinski definition) is 0. The smallest absolute Gasteiger partial charge is 0.165 e. The third-order valence-corrected chi connectivity index (χ3v) is 4.46. The fourth-order valence-electron chi connectivity index (χ4n) is 3.36. The molecule has 0 amide bonds. The number of rotatable bonds is 2. The molecule has 1 aromatic carbocycles. The van der Waals surface area contributed by atoms with Crippen LogP contribution in [0.25, 0.3) is 0 Å².